The lowest BCUT2D eigenvalue weighted by atomic mass is 10.2. The van der Waals surface area contributed by atoms with E-state index >= 15 is 0 Å². The summed E-state index contributed by atoms with van der Waals surface area (Å²) >= 11 is 0. The molecule has 1 heterocycles. The third-order valence-electron chi connectivity index (χ3n) is 1.78. The van der Waals surface area contributed by atoms with Crippen LogP contribution < -0.4 is 5.32 Å². The highest BCUT2D eigenvalue weighted by Gasteiger charge is 2.23. The summed E-state index contributed by atoms with van der Waals surface area (Å²) in [6, 6.07) is -0.388. The first kappa shape index (κ1) is 8.20. The van der Waals surface area contributed by atoms with Crippen molar-refractivity contribution in [3.8, 4) is 0 Å². The van der Waals surface area contributed by atoms with Crippen LogP contribution in [0.25, 0.3) is 0 Å². The minimum absolute atomic E-state index is 0.0557. The van der Waals surface area contributed by atoms with E-state index in [0.29, 0.717) is 13.1 Å². The highest BCUT2D eigenvalue weighted by atomic mass is 16.2. The summed E-state index contributed by atoms with van der Waals surface area (Å²) in [5.74, 6) is -0.0557. The van der Waals surface area contributed by atoms with Crippen molar-refractivity contribution in [1.29, 1.82) is 0 Å². The van der Waals surface area contributed by atoms with Gasteiger partial charge in [0.1, 0.15) is 6.04 Å². The van der Waals surface area contributed by atoms with Crippen LogP contribution >= 0.6 is 0 Å². The summed E-state index contributed by atoms with van der Waals surface area (Å²) in [5, 5.41) is 3.01. The fraction of sp³-hybridized carbons (Fsp3) is 0.714. The van der Waals surface area contributed by atoms with Gasteiger partial charge in [-0.2, -0.15) is 0 Å². The Hall–Kier alpha value is -0.900. The third-order valence-corrected chi connectivity index (χ3v) is 1.78. The Kier molecular flexibility index (Phi) is 2.59. The van der Waals surface area contributed by atoms with Crippen LogP contribution in [0.5, 0.6) is 0 Å². The maximum atomic E-state index is 10.9. The molecule has 1 radical (unpaired) electrons. The molecule has 61 valence electrons. The second kappa shape index (κ2) is 3.48. The smallest absolute Gasteiger partial charge is 0.224 e. The molecule has 0 aromatic carbocycles. The van der Waals surface area contributed by atoms with Crippen LogP contribution in [0, 0.1) is 0 Å². The van der Waals surface area contributed by atoms with E-state index in [2.05, 4.69) is 5.32 Å². The minimum atomic E-state index is -0.388. The molecular weight excluding hydrogens is 144 g/mol. The van der Waals surface area contributed by atoms with Crippen LogP contribution in [0.1, 0.15) is 6.92 Å². The minimum Gasteiger partial charge on any atom is -0.330 e. The van der Waals surface area contributed by atoms with Gasteiger partial charge in [0.25, 0.3) is 0 Å². The molecule has 1 amide bonds. The van der Waals surface area contributed by atoms with Gasteiger partial charge in [-0.3, -0.25) is 9.59 Å². The SMILES string of the molecule is CC(=O)N1CCNCC1[C]=O. The van der Waals surface area contributed by atoms with E-state index in [1.54, 1.807) is 0 Å². The molecule has 0 aliphatic carbocycles. The Labute approximate surface area is 65.6 Å². The standard InChI is InChI=1S/C7H11N2O2/c1-6(11)9-3-2-8-4-7(9)5-10/h7-8H,2-4H2,1H3. The lowest BCUT2D eigenvalue weighted by Crippen LogP contribution is -2.53. The number of hydrogen-bond acceptors (Lipinski definition) is 3. The first-order valence-electron chi connectivity index (χ1n) is 3.61. The van der Waals surface area contributed by atoms with Crippen LogP contribution in [0.4, 0.5) is 0 Å². The molecule has 1 unspecified atom stereocenters. The third kappa shape index (κ3) is 1.77. The zero-order chi connectivity index (χ0) is 8.27. The maximum Gasteiger partial charge on any atom is 0.224 e. The number of piperazine rings is 1. The van der Waals surface area contributed by atoms with Gasteiger partial charge in [-0.15, -0.1) is 0 Å². The summed E-state index contributed by atoms with van der Waals surface area (Å²) in [6.45, 7) is 3.37. The average molecular weight is 155 g/mol. The molecule has 1 rings (SSSR count). The number of amides is 1. The first-order valence-corrected chi connectivity index (χ1v) is 3.61. The van der Waals surface area contributed by atoms with Crippen molar-refractivity contribution in [2.45, 2.75) is 13.0 Å². The number of carbonyl (C=O) groups excluding carboxylic acids is 2. The number of nitrogens with one attached hydrogen (secondary N) is 1. The quantitative estimate of drug-likeness (QED) is 0.524. The van der Waals surface area contributed by atoms with Gasteiger partial charge in [-0.1, -0.05) is 0 Å². The molecule has 11 heavy (non-hydrogen) atoms. The van der Waals surface area contributed by atoms with E-state index in [0.717, 1.165) is 6.54 Å². The fourth-order valence-corrected chi connectivity index (χ4v) is 1.19. The Morgan fingerprint density at radius 1 is 1.73 bits per heavy atom. The van der Waals surface area contributed by atoms with Crippen LogP contribution in [-0.2, 0) is 9.59 Å². The van der Waals surface area contributed by atoms with Crippen molar-refractivity contribution in [2.24, 2.45) is 0 Å². The number of carbonyl (C=O) groups is 1. The van der Waals surface area contributed by atoms with Gasteiger partial charge in [-0.25, -0.2) is 0 Å². The molecule has 1 saturated heterocycles. The van der Waals surface area contributed by atoms with Crippen LogP contribution in [0.15, 0.2) is 0 Å². The van der Waals surface area contributed by atoms with Crippen LogP contribution in [0.3, 0.4) is 0 Å². The predicted octanol–water partition coefficient (Wildman–Crippen LogP) is -1.08. The number of rotatable bonds is 1. The summed E-state index contributed by atoms with van der Waals surface area (Å²) in [6.07, 6.45) is 1.83. The molecule has 0 aromatic heterocycles. The van der Waals surface area contributed by atoms with Crippen molar-refractivity contribution < 1.29 is 9.59 Å². The van der Waals surface area contributed by atoms with Crippen molar-refractivity contribution >= 4 is 12.2 Å². The lowest BCUT2D eigenvalue weighted by molar-refractivity contribution is -0.130. The fourth-order valence-electron chi connectivity index (χ4n) is 1.19. The molecule has 0 aromatic rings. The Balaban J connectivity index is 2.58. The van der Waals surface area contributed by atoms with Gasteiger partial charge in [0, 0.05) is 26.6 Å². The van der Waals surface area contributed by atoms with Crippen LogP contribution in [0.2, 0.25) is 0 Å². The van der Waals surface area contributed by atoms with Gasteiger partial charge in [0.2, 0.25) is 12.2 Å². The van der Waals surface area contributed by atoms with Crippen molar-refractivity contribution in [1.82, 2.24) is 10.2 Å². The molecule has 4 heteroatoms. The van der Waals surface area contributed by atoms with Crippen molar-refractivity contribution in [3.63, 3.8) is 0 Å². The molecule has 1 N–H and O–H groups in total. The molecule has 1 atom stereocenters. The molecule has 0 spiro atoms. The van der Waals surface area contributed by atoms with Gasteiger partial charge in [0.15, 0.2) is 0 Å². The molecular formula is C7H11N2O2. The first-order chi connectivity index (χ1) is 5.25. The molecule has 0 saturated carbocycles. The summed E-state index contributed by atoms with van der Waals surface area (Å²) < 4.78 is 0. The highest BCUT2D eigenvalue weighted by Crippen LogP contribution is 2.00. The lowest BCUT2D eigenvalue weighted by Gasteiger charge is -2.31. The molecule has 4 nitrogen and oxygen atoms in total. The average Bonchev–Trinajstić information content (AvgIpc) is 2.04. The molecule has 1 fully saturated rings. The van der Waals surface area contributed by atoms with Crippen molar-refractivity contribution in [2.75, 3.05) is 19.6 Å². The molecule has 0 bridgehead atoms. The van der Waals surface area contributed by atoms with E-state index in [-0.39, 0.29) is 11.9 Å². The number of nitrogens with zero attached hydrogens (tertiary/aromatic N) is 1. The molecule has 1 aliphatic heterocycles. The van der Waals surface area contributed by atoms with Gasteiger partial charge < -0.3 is 10.2 Å². The number of hydrogen-bond donors (Lipinski definition) is 1. The Morgan fingerprint density at radius 3 is 2.91 bits per heavy atom. The van der Waals surface area contributed by atoms with E-state index in [9.17, 15) is 9.59 Å². The van der Waals surface area contributed by atoms with Crippen LogP contribution in [-0.4, -0.2) is 42.8 Å². The zero-order valence-electron chi connectivity index (χ0n) is 6.46. The zero-order valence-corrected chi connectivity index (χ0v) is 6.46. The Bertz CT molecular complexity index is 170. The second-order valence-electron chi connectivity index (χ2n) is 2.55. The van der Waals surface area contributed by atoms with Gasteiger partial charge in [-0.05, 0) is 0 Å². The largest absolute Gasteiger partial charge is 0.330 e. The summed E-state index contributed by atoms with van der Waals surface area (Å²) in [5.41, 5.74) is 0. The highest BCUT2D eigenvalue weighted by molar-refractivity contribution is 5.78. The van der Waals surface area contributed by atoms with Gasteiger partial charge >= 0.3 is 0 Å². The maximum absolute atomic E-state index is 10.9. The Morgan fingerprint density at radius 2 is 2.45 bits per heavy atom. The second-order valence-corrected chi connectivity index (χ2v) is 2.55. The normalized spacial score (nSPS) is 24.8. The molecule has 1 aliphatic rings. The van der Waals surface area contributed by atoms with E-state index < -0.39 is 0 Å². The predicted molar refractivity (Wildman–Crippen MR) is 39.7 cm³/mol. The monoisotopic (exact) mass is 155 g/mol. The van der Waals surface area contributed by atoms with E-state index in [1.807, 2.05) is 6.29 Å². The summed E-state index contributed by atoms with van der Waals surface area (Å²) in [7, 11) is 0. The van der Waals surface area contributed by atoms with Crippen molar-refractivity contribution in [3.05, 3.63) is 0 Å². The topological polar surface area (TPSA) is 49.4 Å². The van der Waals surface area contributed by atoms with E-state index in [4.69, 9.17) is 0 Å². The summed E-state index contributed by atoms with van der Waals surface area (Å²) in [4.78, 5) is 22.7. The van der Waals surface area contributed by atoms with Gasteiger partial charge in [0.05, 0.1) is 0 Å². The van der Waals surface area contributed by atoms with E-state index in [1.165, 1.54) is 11.8 Å².